The van der Waals surface area contributed by atoms with Crippen LogP contribution in [0.5, 0.6) is 0 Å². The molecule has 2 atom stereocenters. The fraction of sp³-hybridized carbons (Fsp3) is 0.429. The molecule has 1 aromatic rings. The van der Waals surface area contributed by atoms with E-state index < -0.39 is 31.3 Å². The van der Waals surface area contributed by atoms with Crippen molar-refractivity contribution >= 4 is 24.5 Å². The fourth-order valence-electron chi connectivity index (χ4n) is 2.02. The van der Waals surface area contributed by atoms with Crippen molar-refractivity contribution in [2.24, 2.45) is 0 Å². The van der Waals surface area contributed by atoms with Crippen molar-refractivity contribution in [2.75, 3.05) is 13.2 Å². The van der Waals surface area contributed by atoms with E-state index in [0.717, 1.165) is 5.46 Å². The first-order valence-corrected chi connectivity index (χ1v) is 6.86. The number of ether oxygens (including phenoxy) is 2. The molecule has 6 nitrogen and oxygen atoms in total. The molecule has 0 radical (unpaired) electrons. The Hall–Kier alpha value is -1.86. The molecule has 0 N–H and O–H groups in total. The highest BCUT2D eigenvalue weighted by Gasteiger charge is 2.49. The Bertz CT molecular complexity index is 465. The topological polar surface area (TPSA) is 71.1 Å². The van der Waals surface area contributed by atoms with Crippen LogP contribution in [-0.4, -0.2) is 44.5 Å². The zero-order valence-electron chi connectivity index (χ0n) is 12.0. The average Bonchev–Trinajstić information content (AvgIpc) is 2.94. The summed E-state index contributed by atoms with van der Waals surface area (Å²) in [6.45, 7) is 3.76. The first-order valence-electron chi connectivity index (χ1n) is 6.86. The zero-order valence-corrected chi connectivity index (χ0v) is 12.0. The summed E-state index contributed by atoms with van der Waals surface area (Å²) < 4.78 is 20.9. The molecule has 0 spiro atoms. The normalized spacial score (nSPS) is 21.1. The van der Waals surface area contributed by atoms with Crippen LogP contribution in [0.1, 0.15) is 13.8 Å². The molecular weight excluding hydrogens is 275 g/mol. The van der Waals surface area contributed by atoms with Crippen molar-refractivity contribution in [3.8, 4) is 0 Å². The molecule has 0 aromatic heterocycles. The smallest absolute Gasteiger partial charge is 0.464 e. The lowest BCUT2D eigenvalue weighted by Crippen LogP contribution is -2.39. The molecule has 1 fully saturated rings. The SMILES string of the molecule is CCOC(=O)C1OB(c2ccccc2)OC1C(=O)OCC. The summed E-state index contributed by atoms with van der Waals surface area (Å²) in [6, 6.07) is 9.07. The second kappa shape index (κ2) is 7.24. The highest BCUT2D eigenvalue weighted by Crippen LogP contribution is 2.19. The summed E-state index contributed by atoms with van der Waals surface area (Å²) in [5, 5.41) is 0. The molecule has 1 saturated heterocycles. The van der Waals surface area contributed by atoms with Gasteiger partial charge >= 0.3 is 19.1 Å². The molecule has 0 saturated carbocycles. The lowest BCUT2D eigenvalue weighted by atomic mass is 9.79. The Morgan fingerprint density at radius 2 is 1.48 bits per heavy atom. The maximum Gasteiger partial charge on any atom is 0.495 e. The third-order valence-corrected chi connectivity index (χ3v) is 2.92. The van der Waals surface area contributed by atoms with Gasteiger partial charge in [0.05, 0.1) is 13.2 Å². The van der Waals surface area contributed by atoms with Gasteiger partial charge in [0.25, 0.3) is 0 Å². The summed E-state index contributed by atoms with van der Waals surface area (Å²) in [6.07, 6.45) is -2.23. The third kappa shape index (κ3) is 3.62. The second-order valence-electron chi connectivity index (χ2n) is 4.36. The van der Waals surface area contributed by atoms with Crippen LogP contribution in [0.3, 0.4) is 0 Å². The molecule has 0 bridgehead atoms. The van der Waals surface area contributed by atoms with E-state index in [9.17, 15) is 9.59 Å². The Balaban J connectivity index is 2.16. The van der Waals surface area contributed by atoms with E-state index in [1.165, 1.54) is 0 Å². The molecule has 0 aliphatic carbocycles. The van der Waals surface area contributed by atoms with Crippen LogP contribution in [0.4, 0.5) is 0 Å². The maximum atomic E-state index is 11.9. The van der Waals surface area contributed by atoms with E-state index in [4.69, 9.17) is 18.8 Å². The third-order valence-electron chi connectivity index (χ3n) is 2.92. The Labute approximate surface area is 123 Å². The van der Waals surface area contributed by atoms with Crippen molar-refractivity contribution in [2.45, 2.75) is 26.1 Å². The van der Waals surface area contributed by atoms with Gasteiger partial charge in [-0.05, 0) is 19.3 Å². The fourth-order valence-corrected chi connectivity index (χ4v) is 2.02. The molecule has 1 aliphatic heterocycles. The van der Waals surface area contributed by atoms with Crippen LogP contribution < -0.4 is 5.46 Å². The van der Waals surface area contributed by atoms with E-state index in [2.05, 4.69) is 0 Å². The first kappa shape index (κ1) is 15.5. The van der Waals surface area contributed by atoms with Gasteiger partial charge in [0.2, 0.25) is 0 Å². The van der Waals surface area contributed by atoms with Gasteiger partial charge in [0, 0.05) is 0 Å². The molecule has 2 unspecified atom stereocenters. The molecular formula is C14H17BO6. The van der Waals surface area contributed by atoms with Crippen LogP contribution in [-0.2, 0) is 28.4 Å². The molecule has 2 rings (SSSR count). The van der Waals surface area contributed by atoms with Gasteiger partial charge in [-0.15, -0.1) is 0 Å². The van der Waals surface area contributed by atoms with Gasteiger partial charge in [-0.25, -0.2) is 9.59 Å². The first-order chi connectivity index (χ1) is 10.2. The van der Waals surface area contributed by atoms with Crippen LogP contribution >= 0.6 is 0 Å². The van der Waals surface area contributed by atoms with Gasteiger partial charge in [-0.2, -0.15) is 0 Å². The minimum absolute atomic E-state index is 0.199. The van der Waals surface area contributed by atoms with Gasteiger partial charge in [-0.3, -0.25) is 0 Å². The predicted octanol–water partition coefficient (Wildman–Crippen LogP) is 0.292. The average molecular weight is 292 g/mol. The van der Waals surface area contributed by atoms with Crippen molar-refractivity contribution in [3.05, 3.63) is 30.3 Å². The van der Waals surface area contributed by atoms with Crippen molar-refractivity contribution < 1.29 is 28.4 Å². The highest BCUT2D eigenvalue weighted by atomic mass is 16.7. The van der Waals surface area contributed by atoms with Gasteiger partial charge in [0.15, 0.2) is 12.2 Å². The summed E-state index contributed by atoms with van der Waals surface area (Å²) in [7, 11) is -0.796. The molecule has 1 aromatic carbocycles. The van der Waals surface area contributed by atoms with Gasteiger partial charge in [0.1, 0.15) is 0 Å². The van der Waals surface area contributed by atoms with Gasteiger partial charge in [-0.1, -0.05) is 30.3 Å². The Morgan fingerprint density at radius 3 is 1.90 bits per heavy atom. The zero-order chi connectivity index (χ0) is 15.2. The highest BCUT2D eigenvalue weighted by molar-refractivity contribution is 6.62. The predicted molar refractivity (Wildman–Crippen MR) is 74.8 cm³/mol. The second-order valence-corrected chi connectivity index (χ2v) is 4.36. The number of carbonyl (C=O) groups is 2. The van der Waals surface area contributed by atoms with E-state index in [1.54, 1.807) is 26.0 Å². The quantitative estimate of drug-likeness (QED) is 0.574. The van der Waals surface area contributed by atoms with Crippen LogP contribution in [0, 0.1) is 0 Å². The molecule has 21 heavy (non-hydrogen) atoms. The largest absolute Gasteiger partial charge is 0.495 e. The van der Waals surface area contributed by atoms with Crippen molar-refractivity contribution in [1.82, 2.24) is 0 Å². The minimum atomic E-state index is -1.12. The number of hydrogen-bond acceptors (Lipinski definition) is 6. The molecule has 7 heteroatoms. The lowest BCUT2D eigenvalue weighted by molar-refractivity contribution is -0.163. The summed E-state index contributed by atoms with van der Waals surface area (Å²) >= 11 is 0. The number of carbonyl (C=O) groups excluding carboxylic acids is 2. The lowest BCUT2D eigenvalue weighted by Gasteiger charge is -2.15. The van der Waals surface area contributed by atoms with Crippen molar-refractivity contribution in [1.29, 1.82) is 0 Å². The standard InChI is InChI=1S/C14H17BO6/c1-3-18-13(16)11-12(14(17)19-4-2)21-15(20-11)10-8-6-5-7-9-10/h5-9,11-12H,3-4H2,1-2H3. The molecule has 0 amide bonds. The van der Waals surface area contributed by atoms with Crippen LogP contribution in [0.25, 0.3) is 0 Å². The Morgan fingerprint density at radius 1 is 1.00 bits per heavy atom. The van der Waals surface area contributed by atoms with E-state index in [-0.39, 0.29) is 13.2 Å². The Kier molecular flexibility index (Phi) is 5.35. The minimum Gasteiger partial charge on any atom is -0.464 e. The number of hydrogen-bond donors (Lipinski definition) is 0. The number of esters is 2. The summed E-state index contributed by atoms with van der Waals surface area (Å²) in [5.74, 6) is -1.26. The molecule has 1 aliphatic rings. The van der Waals surface area contributed by atoms with Gasteiger partial charge < -0.3 is 18.8 Å². The van der Waals surface area contributed by atoms with Crippen LogP contribution in [0.15, 0.2) is 30.3 Å². The number of benzene rings is 1. The summed E-state index contributed by atoms with van der Waals surface area (Å²) in [4.78, 5) is 23.8. The molecule has 1 heterocycles. The van der Waals surface area contributed by atoms with E-state index in [1.807, 2.05) is 18.2 Å². The monoisotopic (exact) mass is 292 g/mol. The van der Waals surface area contributed by atoms with E-state index in [0.29, 0.717) is 0 Å². The molecule has 112 valence electrons. The van der Waals surface area contributed by atoms with Crippen LogP contribution in [0.2, 0.25) is 0 Å². The van der Waals surface area contributed by atoms with E-state index >= 15 is 0 Å². The summed E-state index contributed by atoms with van der Waals surface area (Å²) in [5.41, 5.74) is 0.721. The maximum absolute atomic E-state index is 11.9. The van der Waals surface area contributed by atoms with Crippen molar-refractivity contribution in [3.63, 3.8) is 0 Å². The number of rotatable bonds is 5.